The predicted octanol–water partition coefficient (Wildman–Crippen LogP) is 4.70. The molecule has 0 aromatic heterocycles. The quantitative estimate of drug-likeness (QED) is 0.156. The van der Waals surface area contributed by atoms with E-state index in [2.05, 4.69) is 19.7 Å². The summed E-state index contributed by atoms with van der Waals surface area (Å²) in [5, 5.41) is 2.86. The van der Waals surface area contributed by atoms with Gasteiger partial charge in [0, 0.05) is 39.3 Å². The van der Waals surface area contributed by atoms with Crippen molar-refractivity contribution in [3.05, 3.63) is 108 Å². The molecule has 4 aromatic carbocycles. The van der Waals surface area contributed by atoms with Crippen LogP contribution in [0.15, 0.2) is 107 Å². The topological polar surface area (TPSA) is 163 Å². The molecule has 52 heavy (non-hydrogen) atoms. The van der Waals surface area contributed by atoms with Gasteiger partial charge in [0.1, 0.15) is 11.5 Å². The maximum Gasteiger partial charge on any atom is 0.261 e. The molecule has 3 N–H and O–H groups in total. The summed E-state index contributed by atoms with van der Waals surface area (Å²) in [6, 6.07) is 24.9. The first-order chi connectivity index (χ1) is 24.5. The largest absolute Gasteiger partial charge is 0.494 e. The zero-order valence-corrected chi connectivity index (χ0v) is 31.2. The first-order valence-electron chi connectivity index (χ1n) is 16.5. The molecule has 0 bridgehead atoms. The lowest BCUT2D eigenvalue weighted by atomic mass is 10.1. The summed E-state index contributed by atoms with van der Waals surface area (Å²) < 4.78 is 68.2. The number of para-hydroxylation sites is 2. The number of benzene rings is 4. The summed E-state index contributed by atoms with van der Waals surface area (Å²) in [5.74, 6) is 0.382. The zero-order chi connectivity index (χ0) is 36.4. The second-order valence-corrected chi connectivity index (χ2v) is 14.9. The molecule has 0 saturated carbocycles. The molecule has 16 heteroatoms. The third-order valence-corrected chi connectivity index (χ3v) is 10.8. The number of rotatable bonds is 15. The fraction of sp³-hybridized carbons (Fsp3) is 0.278. The molecule has 0 spiro atoms. The Morgan fingerprint density at radius 2 is 1.08 bits per heavy atom. The minimum Gasteiger partial charge on any atom is -0.494 e. The number of nitrogens with one attached hydrogen (secondary N) is 3. The normalized spacial score (nSPS) is 13.4. The maximum absolute atomic E-state index is 13.5. The Morgan fingerprint density at radius 1 is 0.635 bits per heavy atom. The van der Waals surface area contributed by atoms with Crippen molar-refractivity contribution in [3.8, 4) is 11.5 Å². The highest BCUT2D eigenvalue weighted by atomic mass is 35.5. The minimum atomic E-state index is -3.96. The number of sulfonamides is 2. The van der Waals surface area contributed by atoms with Crippen molar-refractivity contribution in [2.45, 2.75) is 23.6 Å². The molecule has 5 rings (SSSR count). The zero-order valence-electron chi connectivity index (χ0n) is 28.8. The molecular weight excluding hydrogens is 730 g/mol. The van der Waals surface area contributed by atoms with Gasteiger partial charge in [-0.2, -0.15) is 0 Å². The Balaban J connectivity index is 0.00000605. The number of carbonyl (C=O) groups is 2. The summed E-state index contributed by atoms with van der Waals surface area (Å²) in [5.41, 5.74) is 0.755. The number of anilines is 2. The third kappa shape index (κ3) is 10.2. The molecule has 1 aliphatic rings. The van der Waals surface area contributed by atoms with Gasteiger partial charge in [-0.1, -0.05) is 24.3 Å². The highest BCUT2D eigenvalue weighted by molar-refractivity contribution is 7.93. The molecule has 278 valence electrons. The van der Waals surface area contributed by atoms with Crippen LogP contribution in [0.3, 0.4) is 0 Å². The Labute approximate surface area is 310 Å². The second-order valence-electron chi connectivity index (χ2n) is 11.5. The molecule has 1 heterocycles. The van der Waals surface area contributed by atoms with Gasteiger partial charge in [0.15, 0.2) is 0 Å². The number of amides is 2. The van der Waals surface area contributed by atoms with E-state index >= 15 is 0 Å². The fourth-order valence-corrected chi connectivity index (χ4v) is 7.63. The van der Waals surface area contributed by atoms with Gasteiger partial charge < -0.3 is 19.7 Å². The lowest BCUT2D eigenvalue weighted by Crippen LogP contribution is -2.50. The molecule has 0 unspecified atom stereocenters. The molecule has 13 nitrogen and oxygen atoms in total. The van der Waals surface area contributed by atoms with Gasteiger partial charge in [-0.15, -0.1) is 12.4 Å². The monoisotopic (exact) mass is 771 g/mol. The standard InChI is InChI=1S/C36H41N5O8S2.ClH/c1-3-48-27-13-17-29(18-14-27)50(44,45)38-33-11-7-5-9-31(33)35(42)37-21-22-40-23-25-41(26-24-40)36(43)32-10-6-8-12-34(32)39-51(46,47)30-19-15-28(16-20-30)49-4-2;/h5-20,38-39H,3-4,21-26H2,1-2H3,(H,37,42);1H. The number of piperazine rings is 1. The van der Waals surface area contributed by atoms with Gasteiger partial charge in [-0.05, 0) is 86.6 Å². The summed E-state index contributed by atoms with van der Waals surface area (Å²) >= 11 is 0. The van der Waals surface area contributed by atoms with Crippen molar-refractivity contribution in [3.63, 3.8) is 0 Å². The van der Waals surface area contributed by atoms with E-state index in [1.165, 1.54) is 30.3 Å². The highest BCUT2D eigenvalue weighted by Crippen LogP contribution is 2.25. The van der Waals surface area contributed by atoms with E-state index in [-0.39, 0.29) is 50.6 Å². The number of ether oxygens (including phenoxy) is 2. The van der Waals surface area contributed by atoms with Gasteiger partial charge in [-0.25, -0.2) is 16.8 Å². The Hall–Kier alpha value is -4.83. The maximum atomic E-state index is 13.5. The number of hydrogen-bond donors (Lipinski definition) is 3. The van der Waals surface area contributed by atoms with Crippen LogP contribution in [-0.4, -0.2) is 90.9 Å². The summed E-state index contributed by atoms with van der Waals surface area (Å²) in [6.07, 6.45) is 0. The minimum absolute atomic E-state index is 0. The molecule has 0 atom stereocenters. The van der Waals surface area contributed by atoms with Crippen LogP contribution in [0, 0.1) is 0 Å². The number of hydrogen-bond acceptors (Lipinski definition) is 9. The lowest BCUT2D eigenvalue weighted by Gasteiger charge is -2.35. The summed E-state index contributed by atoms with van der Waals surface area (Å²) in [7, 11) is -7.93. The number of halogens is 1. The second kappa shape index (κ2) is 18.1. The van der Waals surface area contributed by atoms with Crippen LogP contribution in [0.4, 0.5) is 11.4 Å². The number of nitrogens with zero attached hydrogens (tertiary/aromatic N) is 2. The van der Waals surface area contributed by atoms with Gasteiger partial charge in [-0.3, -0.25) is 23.9 Å². The molecular formula is C36H42ClN5O8S2. The Morgan fingerprint density at radius 3 is 1.56 bits per heavy atom. The van der Waals surface area contributed by atoms with Crippen molar-refractivity contribution >= 4 is 55.6 Å². The predicted molar refractivity (Wildman–Crippen MR) is 202 cm³/mol. The van der Waals surface area contributed by atoms with E-state index < -0.39 is 26.0 Å². The van der Waals surface area contributed by atoms with Gasteiger partial charge in [0.2, 0.25) is 0 Å². The van der Waals surface area contributed by atoms with E-state index in [0.29, 0.717) is 64.0 Å². The summed E-state index contributed by atoms with van der Waals surface area (Å²) in [6.45, 7) is 7.29. The van der Waals surface area contributed by atoms with E-state index in [1.54, 1.807) is 71.6 Å². The summed E-state index contributed by atoms with van der Waals surface area (Å²) in [4.78, 5) is 30.5. The van der Waals surface area contributed by atoms with Crippen molar-refractivity contribution in [1.82, 2.24) is 15.1 Å². The van der Waals surface area contributed by atoms with Gasteiger partial charge in [0.05, 0.1) is 45.5 Å². The van der Waals surface area contributed by atoms with Crippen molar-refractivity contribution in [2.75, 3.05) is 61.9 Å². The first-order valence-corrected chi connectivity index (χ1v) is 19.5. The Bertz CT molecular complexity index is 2040. The molecule has 0 radical (unpaired) electrons. The number of carbonyl (C=O) groups excluding carboxylic acids is 2. The SMILES string of the molecule is CCOc1ccc(S(=O)(=O)Nc2ccccc2C(=O)NCCN2CCN(C(=O)c3ccccc3NS(=O)(=O)c3ccc(OCC)cc3)CC2)cc1.Cl. The fourth-order valence-electron chi connectivity index (χ4n) is 5.47. The van der Waals surface area contributed by atoms with Gasteiger partial charge >= 0.3 is 0 Å². The molecule has 1 fully saturated rings. The third-order valence-electron chi connectivity index (χ3n) is 8.08. The van der Waals surface area contributed by atoms with Crippen LogP contribution in [-0.2, 0) is 20.0 Å². The molecule has 2 amide bonds. The van der Waals surface area contributed by atoms with E-state index in [1.807, 2.05) is 13.8 Å². The molecule has 4 aromatic rings. The van der Waals surface area contributed by atoms with Gasteiger partial charge in [0.25, 0.3) is 31.9 Å². The van der Waals surface area contributed by atoms with Crippen LogP contribution < -0.4 is 24.2 Å². The van der Waals surface area contributed by atoms with E-state index in [4.69, 9.17) is 9.47 Å². The van der Waals surface area contributed by atoms with Crippen LogP contribution in [0.25, 0.3) is 0 Å². The Kier molecular flexibility index (Phi) is 13.9. The molecule has 1 saturated heterocycles. The molecule has 1 aliphatic heterocycles. The van der Waals surface area contributed by atoms with Crippen molar-refractivity contribution < 1.29 is 35.9 Å². The van der Waals surface area contributed by atoms with E-state index in [9.17, 15) is 26.4 Å². The lowest BCUT2D eigenvalue weighted by molar-refractivity contribution is 0.0639. The highest BCUT2D eigenvalue weighted by Gasteiger charge is 2.26. The average Bonchev–Trinajstić information content (AvgIpc) is 3.12. The van der Waals surface area contributed by atoms with Crippen LogP contribution in [0.2, 0.25) is 0 Å². The van der Waals surface area contributed by atoms with E-state index in [0.717, 1.165) is 0 Å². The van der Waals surface area contributed by atoms with Crippen LogP contribution in [0.5, 0.6) is 11.5 Å². The van der Waals surface area contributed by atoms with Crippen LogP contribution in [0.1, 0.15) is 34.6 Å². The van der Waals surface area contributed by atoms with Crippen molar-refractivity contribution in [2.24, 2.45) is 0 Å². The molecule has 0 aliphatic carbocycles. The first kappa shape index (κ1) is 39.9. The smallest absolute Gasteiger partial charge is 0.261 e. The van der Waals surface area contributed by atoms with Crippen LogP contribution >= 0.6 is 12.4 Å². The van der Waals surface area contributed by atoms with Crippen molar-refractivity contribution in [1.29, 1.82) is 0 Å². The average molecular weight is 772 g/mol.